The van der Waals surface area contributed by atoms with Crippen LogP contribution in [0.4, 0.5) is 0 Å². The fraction of sp³-hybridized carbons (Fsp3) is 0.0476. The number of benzene rings is 6. The summed E-state index contributed by atoms with van der Waals surface area (Å²) < 4.78 is 4.18. The smallest absolute Gasteiger partial charge is 0.0265 e. The first-order valence-corrected chi connectivity index (χ1v) is 18.3. The van der Waals surface area contributed by atoms with Crippen LogP contribution < -0.4 is 0 Å². The quantitative estimate of drug-likeness (QED) is 0.157. The average Bonchev–Trinajstić information content (AvgIpc) is 3.10. The predicted molar refractivity (Wildman–Crippen MR) is 209 cm³/mol. The first kappa shape index (κ1) is 31.3. The van der Waals surface area contributed by atoms with E-state index in [0.29, 0.717) is 0 Å². The maximum Gasteiger partial charge on any atom is 0.0265 e. The molecule has 0 radical (unpaired) electrons. The molecule has 0 nitrogen and oxygen atoms in total. The molecular formula is C42H28Br4. The van der Waals surface area contributed by atoms with E-state index in [4.69, 9.17) is 0 Å². The maximum absolute atomic E-state index is 4.01. The minimum absolute atomic E-state index is 0.181. The topological polar surface area (TPSA) is 0 Å². The van der Waals surface area contributed by atoms with Gasteiger partial charge in [-0.25, -0.2) is 0 Å². The minimum atomic E-state index is 0.181. The number of rotatable bonds is 6. The third-order valence-electron chi connectivity index (χ3n) is 8.60. The molecule has 0 saturated carbocycles. The van der Waals surface area contributed by atoms with Crippen molar-refractivity contribution in [2.24, 2.45) is 0 Å². The molecule has 6 aromatic carbocycles. The third-order valence-corrected chi connectivity index (χ3v) is 11.3. The average molecular weight is 852 g/mol. The maximum atomic E-state index is 4.01. The van der Waals surface area contributed by atoms with E-state index in [9.17, 15) is 0 Å². The zero-order chi connectivity index (χ0) is 31.6. The van der Waals surface area contributed by atoms with Crippen molar-refractivity contribution in [3.8, 4) is 33.4 Å². The second kappa shape index (κ2) is 13.8. The van der Waals surface area contributed by atoms with Gasteiger partial charge in [-0.1, -0.05) is 197 Å². The lowest BCUT2D eigenvalue weighted by Crippen LogP contribution is -2.12. The fourth-order valence-corrected chi connectivity index (χ4v) is 8.95. The standard InChI is InChI=1S/C42H28Br4/c43-39-24-33(29-17-9-3-10-18-29)31(27-13-5-1-6-14-27)21-35(39)37-23-38(42(46)26-41(37)45)36-22-32(28-15-7-2-8-16-28)34(25-40(36)44)30-19-11-4-12-20-30/h1-26,31,33H. The first-order chi connectivity index (χ1) is 22.5. The van der Waals surface area contributed by atoms with Crippen LogP contribution in [-0.4, -0.2) is 0 Å². The number of allylic oxidation sites excluding steroid dienone is 4. The van der Waals surface area contributed by atoms with Crippen LogP contribution in [0.15, 0.2) is 176 Å². The van der Waals surface area contributed by atoms with Crippen molar-refractivity contribution < 1.29 is 0 Å². The van der Waals surface area contributed by atoms with Crippen LogP contribution in [0, 0.1) is 0 Å². The number of halogens is 4. The highest BCUT2D eigenvalue weighted by molar-refractivity contribution is 9.12. The molecule has 0 aromatic heterocycles. The summed E-state index contributed by atoms with van der Waals surface area (Å²) in [6.07, 6.45) is 4.80. The number of hydrogen-bond donors (Lipinski definition) is 0. The highest BCUT2D eigenvalue weighted by Crippen LogP contribution is 2.49. The van der Waals surface area contributed by atoms with Crippen molar-refractivity contribution >= 4 is 69.3 Å². The second-order valence-electron chi connectivity index (χ2n) is 11.4. The molecule has 0 amide bonds. The van der Waals surface area contributed by atoms with Gasteiger partial charge < -0.3 is 0 Å². The molecule has 0 spiro atoms. The largest absolute Gasteiger partial charge is 0.0670 e. The van der Waals surface area contributed by atoms with E-state index in [2.05, 4.69) is 221 Å². The van der Waals surface area contributed by atoms with E-state index >= 15 is 0 Å². The monoisotopic (exact) mass is 848 g/mol. The highest BCUT2D eigenvalue weighted by atomic mass is 79.9. The summed E-state index contributed by atoms with van der Waals surface area (Å²) in [6.45, 7) is 0. The van der Waals surface area contributed by atoms with Gasteiger partial charge in [-0.05, 0) is 79.9 Å². The normalized spacial score (nSPS) is 16.1. The lowest BCUT2D eigenvalue weighted by Gasteiger charge is -2.29. The van der Waals surface area contributed by atoms with Crippen LogP contribution in [0.25, 0.3) is 39.0 Å². The summed E-state index contributed by atoms with van der Waals surface area (Å²) in [7, 11) is 0. The Bertz CT molecular complexity index is 2070. The number of hydrogen-bond acceptors (Lipinski definition) is 0. The summed E-state index contributed by atoms with van der Waals surface area (Å²) in [6, 6.07) is 51.9. The molecule has 0 bridgehead atoms. The lowest BCUT2D eigenvalue weighted by atomic mass is 9.76. The first-order valence-electron chi connectivity index (χ1n) is 15.1. The Hall–Kier alpha value is -3.28. The van der Waals surface area contributed by atoms with Gasteiger partial charge in [0, 0.05) is 29.7 Å². The Morgan fingerprint density at radius 2 is 0.739 bits per heavy atom. The summed E-state index contributed by atoms with van der Waals surface area (Å²) in [4.78, 5) is 0. The van der Waals surface area contributed by atoms with E-state index in [1.165, 1.54) is 39.0 Å². The van der Waals surface area contributed by atoms with E-state index in [1.807, 2.05) is 0 Å². The van der Waals surface area contributed by atoms with Crippen LogP contribution in [-0.2, 0) is 0 Å². The molecule has 1 aliphatic rings. The van der Waals surface area contributed by atoms with Crippen molar-refractivity contribution in [2.75, 3.05) is 0 Å². The summed E-state index contributed by atoms with van der Waals surface area (Å²) in [5.41, 5.74) is 11.9. The van der Waals surface area contributed by atoms with Gasteiger partial charge in [0.2, 0.25) is 0 Å². The molecule has 4 heteroatoms. The molecule has 0 fully saturated rings. The SMILES string of the molecule is BrC1=CC(c2ccccc2)C(c2ccccc2)C=C1c1cc(-c2cc(-c3ccccc3)c(-c3ccccc3)cc2Br)c(Br)cc1Br. The molecular weight excluding hydrogens is 824 g/mol. The highest BCUT2D eigenvalue weighted by Gasteiger charge is 2.28. The molecule has 0 heterocycles. The molecule has 46 heavy (non-hydrogen) atoms. The molecule has 224 valence electrons. The van der Waals surface area contributed by atoms with E-state index < -0.39 is 0 Å². The Kier molecular flexibility index (Phi) is 9.42. The van der Waals surface area contributed by atoms with Crippen LogP contribution in [0.5, 0.6) is 0 Å². The van der Waals surface area contributed by atoms with Gasteiger partial charge in [-0.3, -0.25) is 0 Å². The predicted octanol–water partition coefficient (Wildman–Crippen LogP) is 14.2. The molecule has 2 atom stereocenters. The van der Waals surface area contributed by atoms with E-state index in [1.54, 1.807) is 0 Å². The molecule has 0 N–H and O–H groups in total. The van der Waals surface area contributed by atoms with Gasteiger partial charge >= 0.3 is 0 Å². The summed E-state index contributed by atoms with van der Waals surface area (Å²) >= 11 is 15.8. The van der Waals surface area contributed by atoms with Gasteiger partial charge in [0.25, 0.3) is 0 Å². The Balaban J connectivity index is 1.39. The zero-order valence-electron chi connectivity index (χ0n) is 24.7. The van der Waals surface area contributed by atoms with E-state index in [-0.39, 0.29) is 11.8 Å². The minimum Gasteiger partial charge on any atom is -0.0670 e. The lowest BCUT2D eigenvalue weighted by molar-refractivity contribution is 0.731. The second-order valence-corrected chi connectivity index (χ2v) is 14.8. The molecule has 7 rings (SSSR count). The van der Waals surface area contributed by atoms with Crippen molar-refractivity contribution in [3.05, 3.63) is 192 Å². The van der Waals surface area contributed by atoms with Gasteiger partial charge in [0.15, 0.2) is 0 Å². The molecule has 0 saturated heterocycles. The van der Waals surface area contributed by atoms with Crippen LogP contribution in [0.1, 0.15) is 28.5 Å². The molecule has 0 aliphatic heterocycles. The molecule has 1 aliphatic carbocycles. The van der Waals surface area contributed by atoms with Crippen molar-refractivity contribution in [2.45, 2.75) is 11.8 Å². The van der Waals surface area contributed by atoms with Gasteiger partial charge in [0.05, 0.1) is 0 Å². The van der Waals surface area contributed by atoms with Gasteiger partial charge in [0.1, 0.15) is 0 Å². The van der Waals surface area contributed by atoms with Gasteiger partial charge in [-0.2, -0.15) is 0 Å². The Labute approximate surface area is 304 Å². The van der Waals surface area contributed by atoms with Crippen LogP contribution in [0.3, 0.4) is 0 Å². The summed E-state index contributed by atoms with van der Waals surface area (Å²) in [5, 5.41) is 0. The Morgan fingerprint density at radius 3 is 1.26 bits per heavy atom. The van der Waals surface area contributed by atoms with Crippen LogP contribution >= 0.6 is 63.7 Å². The summed E-state index contributed by atoms with van der Waals surface area (Å²) in [5.74, 6) is 0.393. The molecule has 6 aromatic rings. The zero-order valence-corrected chi connectivity index (χ0v) is 31.0. The van der Waals surface area contributed by atoms with E-state index in [0.717, 1.165) is 34.6 Å². The Morgan fingerprint density at radius 1 is 0.348 bits per heavy atom. The van der Waals surface area contributed by atoms with Crippen molar-refractivity contribution in [1.29, 1.82) is 0 Å². The molecule has 2 unspecified atom stereocenters. The van der Waals surface area contributed by atoms with Crippen LogP contribution in [0.2, 0.25) is 0 Å². The van der Waals surface area contributed by atoms with Gasteiger partial charge in [-0.15, -0.1) is 0 Å². The van der Waals surface area contributed by atoms with Crippen molar-refractivity contribution in [3.63, 3.8) is 0 Å². The van der Waals surface area contributed by atoms with Crippen molar-refractivity contribution in [1.82, 2.24) is 0 Å². The fourth-order valence-electron chi connectivity index (χ4n) is 6.34. The third kappa shape index (κ3) is 6.33.